The minimum absolute atomic E-state index is 0.0487. The fraction of sp³-hybridized carbons (Fsp3) is 0.400. The number of nitrogens with one attached hydrogen (secondary N) is 1. The monoisotopic (exact) mass is 274 g/mol. The van der Waals surface area contributed by atoms with Crippen molar-refractivity contribution in [1.29, 1.82) is 0 Å². The minimum atomic E-state index is -0.800. The van der Waals surface area contributed by atoms with Gasteiger partial charge in [0, 0.05) is 30.7 Å². The highest BCUT2D eigenvalue weighted by Crippen LogP contribution is 2.35. The van der Waals surface area contributed by atoms with Gasteiger partial charge in [-0.1, -0.05) is 0 Å². The van der Waals surface area contributed by atoms with Crippen molar-refractivity contribution in [3.05, 3.63) is 29.0 Å². The minimum Gasteiger partial charge on any atom is -0.495 e. The van der Waals surface area contributed by atoms with E-state index in [4.69, 9.17) is 4.74 Å². The summed E-state index contributed by atoms with van der Waals surface area (Å²) in [6, 6.07) is 4.06. The number of rotatable bonds is 3. The van der Waals surface area contributed by atoms with Crippen LogP contribution < -0.4 is 10.1 Å². The first-order chi connectivity index (χ1) is 9.61. The molecule has 0 spiro atoms. The molecule has 0 unspecified atom stereocenters. The molecule has 0 radical (unpaired) electrons. The standard InChI is InChI=1S/C15H18N2O3/c1-9-5-11-10(7-14(18)19)12-8-16-3-4-17(12)15(11)13(6-9)20-2/h5-6,16H,3-4,7-8H2,1-2H3,(H,18,19). The van der Waals surface area contributed by atoms with Crippen LogP contribution in [0.4, 0.5) is 0 Å². The quantitative estimate of drug-likeness (QED) is 0.894. The van der Waals surface area contributed by atoms with E-state index in [2.05, 4.69) is 16.0 Å². The van der Waals surface area contributed by atoms with E-state index in [1.54, 1.807) is 7.11 Å². The second-order valence-electron chi connectivity index (χ2n) is 5.19. The molecule has 0 fully saturated rings. The summed E-state index contributed by atoms with van der Waals surface area (Å²) in [5, 5.41) is 13.5. The first kappa shape index (κ1) is 13.0. The van der Waals surface area contributed by atoms with Gasteiger partial charge in [0.1, 0.15) is 5.75 Å². The molecule has 1 aromatic carbocycles. The Kier molecular flexibility index (Phi) is 3.14. The van der Waals surface area contributed by atoms with Crippen molar-refractivity contribution in [2.75, 3.05) is 13.7 Å². The van der Waals surface area contributed by atoms with Gasteiger partial charge in [-0.3, -0.25) is 4.79 Å². The molecular weight excluding hydrogens is 256 g/mol. The zero-order valence-electron chi connectivity index (χ0n) is 11.7. The summed E-state index contributed by atoms with van der Waals surface area (Å²) < 4.78 is 7.70. The van der Waals surface area contributed by atoms with Crippen molar-refractivity contribution in [1.82, 2.24) is 9.88 Å². The van der Waals surface area contributed by atoms with Gasteiger partial charge in [-0.05, 0) is 30.2 Å². The van der Waals surface area contributed by atoms with Crippen LogP contribution in [0.2, 0.25) is 0 Å². The van der Waals surface area contributed by atoms with E-state index in [1.165, 1.54) is 0 Å². The molecule has 2 N–H and O–H groups in total. The molecular formula is C15H18N2O3. The van der Waals surface area contributed by atoms with Crippen molar-refractivity contribution >= 4 is 16.9 Å². The van der Waals surface area contributed by atoms with Gasteiger partial charge in [-0.25, -0.2) is 0 Å². The highest BCUT2D eigenvalue weighted by atomic mass is 16.5. The third-order valence-corrected chi connectivity index (χ3v) is 3.84. The van der Waals surface area contributed by atoms with E-state index in [9.17, 15) is 9.90 Å². The topological polar surface area (TPSA) is 63.5 Å². The van der Waals surface area contributed by atoms with Gasteiger partial charge in [0.05, 0.1) is 19.0 Å². The molecule has 0 amide bonds. The summed E-state index contributed by atoms with van der Waals surface area (Å²) >= 11 is 0. The molecule has 20 heavy (non-hydrogen) atoms. The molecule has 0 aliphatic carbocycles. The lowest BCUT2D eigenvalue weighted by molar-refractivity contribution is -0.136. The number of methoxy groups -OCH3 is 1. The Balaban J connectivity index is 2.35. The summed E-state index contributed by atoms with van der Waals surface area (Å²) in [5.41, 5.74) is 4.07. The molecule has 2 heterocycles. The normalized spacial score (nSPS) is 14.3. The zero-order chi connectivity index (χ0) is 14.3. The van der Waals surface area contributed by atoms with E-state index < -0.39 is 5.97 Å². The second kappa shape index (κ2) is 4.83. The van der Waals surface area contributed by atoms with Crippen molar-refractivity contribution in [2.45, 2.75) is 26.4 Å². The van der Waals surface area contributed by atoms with Gasteiger partial charge in [-0.15, -0.1) is 0 Å². The number of aryl methyl sites for hydroxylation is 1. The van der Waals surface area contributed by atoms with Gasteiger partial charge in [0.2, 0.25) is 0 Å². The number of aromatic nitrogens is 1. The first-order valence-electron chi connectivity index (χ1n) is 6.73. The number of fused-ring (bicyclic) bond motifs is 3. The number of carbonyl (C=O) groups is 1. The molecule has 2 aromatic rings. The number of benzene rings is 1. The molecule has 0 atom stereocenters. The smallest absolute Gasteiger partial charge is 0.307 e. The van der Waals surface area contributed by atoms with Gasteiger partial charge >= 0.3 is 5.97 Å². The Bertz CT molecular complexity index is 688. The number of nitrogens with zero attached hydrogens (tertiary/aromatic N) is 1. The maximum atomic E-state index is 11.2. The largest absolute Gasteiger partial charge is 0.495 e. The molecule has 0 bridgehead atoms. The number of carboxylic acids is 1. The Morgan fingerprint density at radius 3 is 3.00 bits per heavy atom. The molecule has 1 aliphatic rings. The molecule has 5 nitrogen and oxygen atoms in total. The van der Waals surface area contributed by atoms with E-state index in [-0.39, 0.29) is 6.42 Å². The SMILES string of the molecule is COc1cc(C)cc2c(CC(=O)O)c3n(c12)CCNC3. The van der Waals surface area contributed by atoms with E-state index in [0.29, 0.717) is 6.54 Å². The van der Waals surface area contributed by atoms with Crippen LogP contribution in [0.3, 0.4) is 0 Å². The summed E-state index contributed by atoms with van der Waals surface area (Å²) in [6.07, 6.45) is 0.0487. The van der Waals surface area contributed by atoms with Crippen LogP contribution in [0.1, 0.15) is 16.8 Å². The van der Waals surface area contributed by atoms with Crippen molar-refractivity contribution in [3.63, 3.8) is 0 Å². The maximum absolute atomic E-state index is 11.2. The third-order valence-electron chi connectivity index (χ3n) is 3.84. The average molecular weight is 274 g/mol. The first-order valence-corrected chi connectivity index (χ1v) is 6.73. The van der Waals surface area contributed by atoms with Crippen molar-refractivity contribution in [2.24, 2.45) is 0 Å². The van der Waals surface area contributed by atoms with E-state index in [0.717, 1.165) is 46.6 Å². The predicted octanol–water partition coefficient (Wildman–Crippen LogP) is 1.69. The van der Waals surface area contributed by atoms with Crippen LogP contribution in [-0.2, 0) is 24.3 Å². The number of aliphatic carboxylic acids is 1. The van der Waals surface area contributed by atoms with Gasteiger partial charge in [-0.2, -0.15) is 0 Å². The van der Waals surface area contributed by atoms with Gasteiger partial charge in [0.25, 0.3) is 0 Å². The average Bonchev–Trinajstić information content (AvgIpc) is 2.72. The van der Waals surface area contributed by atoms with Gasteiger partial charge < -0.3 is 19.7 Å². The number of carboxylic acid groups (broad SMARTS) is 1. The Labute approximate surface area is 117 Å². The van der Waals surface area contributed by atoms with Crippen LogP contribution in [0.5, 0.6) is 5.75 Å². The number of hydrogen-bond donors (Lipinski definition) is 2. The molecule has 0 saturated heterocycles. The maximum Gasteiger partial charge on any atom is 0.307 e. The fourth-order valence-electron chi connectivity index (χ4n) is 3.06. The Hall–Kier alpha value is -2.01. The molecule has 0 saturated carbocycles. The summed E-state index contributed by atoms with van der Waals surface area (Å²) in [7, 11) is 1.66. The fourth-order valence-corrected chi connectivity index (χ4v) is 3.06. The zero-order valence-corrected chi connectivity index (χ0v) is 11.7. The van der Waals surface area contributed by atoms with Crippen molar-refractivity contribution in [3.8, 4) is 5.75 Å². The lowest BCUT2D eigenvalue weighted by Gasteiger charge is -2.19. The van der Waals surface area contributed by atoms with E-state index in [1.807, 2.05) is 13.0 Å². The molecule has 1 aliphatic heterocycles. The third kappa shape index (κ3) is 1.94. The molecule has 1 aromatic heterocycles. The van der Waals surface area contributed by atoms with Crippen molar-refractivity contribution < 1.29 is 14.6 Å². The Morgan fingerprint density at radius 2 is 2.30 bits per heavy atom. The summed E-state index contributed by atoms with van der Waals surface area (Å²) in [6.45, 7) is 4.44. The highest BCUT2D eigenvalue weighted by molar-refractivity contribution is 5.93. The number of ether oxygens (including phenoxy) is 1. The highest BCUT2D eigenvalue weighted by Gasteiger charge is 2.23. The van der Waals surface area contributed by atoms with Crippen LogP contribution >= 0.6 is 0 Å². The Morgan fingerprint density at radius 1 is 1.50 bits per heavy atom. The number of hydrogen-bond acceptors (Lipinski definition) is 3. The lowest BCUT2D eigenvalue weighted by Crippen LogP contribution is -2.28. The van der Waals surface area contributed by atoms with Gasteiger partial charge in [0.15, 0.2) is 0 Å². The molecule has 3 rings (SSSR count). The van der Waals surface area contributed by atoms with Crippen LogP contribution in [0.25, 0.3) is 10.9 Å². The van der Waals surface area contributed by atoms with Crippen LogP contribution in [0, 0.1) is 6.92 Å². The van der Waals surface area contributed by atoms with Crippen LogP contribution in [0.15, 0.2) is 12.1 Å². The predicted molar refractivity (Wildman–Crippen MR) is 76.3 cm³/mol. The van der Waals surface area contributed by atoms with Crippen LogP contribution in [-0.4, -0.2) is 29.3 Å². The summed E-state index contributed by atoms with van der Waals surface area (Å²) in [4.78, 5) is 11.2. The molecule has 106 valence electrons. The summed E-state index contributed by atoms with van der Waals surface area (Å²) in [5.74, 6) is 0.0196. The second-order valence-corrected chi connectivity index (χ2v) is 5.19. The molecule has 5 heteroatoms. The van der Waals surface area contributed by atoms with E-state index >= 15 is 0 Å². The lowest BCUT2D eigenvalue weighted by atomic mass is 10.0.